The highest BCUT2D eigenvalue weighted by molar-refractivity contribution is 7.80. The molecule has 122 valence electrons. The first-order valence-corrected chi connectivity index (χ1v) is 8.46. The summed E-state index contributed by atoms with van der Waals surface area (Å²) in [4.78, 5) is 2.36. The molecule has 0 radical (unpaired) electrons. The van der Waals surface area contributed by atoms with Crippen LogP contribution in [0.5, 0.6) is 0 Å². The lowest BCUT2D eigenvalue weighted by molar-refractivity contribution is 0.704. The molecule has 23 heavy (non-hydrogen) atoms. The Hall–Kier alpha value is -2.07. The van der Waals surface area contributed by atoms with Gasteiger partial charge >= 0.3 is 0 Å². The van der Waals surface area contributed by atoms with Gasteiger partial charge in [0.15, 0.2) is 5.11 Å². The van der Waals surface area contributed by atoms with Crippen LogP contribution in [0.3, 0.4) is 0 Å². The minimum Gasteiger partial charge on any atom is -0.369 e. The molecular weight excluding hydrogens is 302 g/mol. The summed E-state index contributed by atoms with van der Waals surface area (Å²) in [6.45, 7) is 8.31. The monoisotopic (exact) mass is 327 g/mol. The second-order valence-corrected chi connectivity index (χ2v) is 6.13. The van der Waals surface area contributed by atoms with Gasteiger partial charge in [-0.05, 0) is 62.8 Å². The number of hydrogen-bond donors (Lipinski definition) is 2. The second kappa shape index (κ2) is 8.53. The van der Waals surface area contributed by atoms with Crippen LogP contribution in [0.1, 0.15) is 26.3 Å². The standard InChI is InChI=1S/C19H25N3S/c1-4-22(15(2)3)18-12-10-17(11-13-18)21-19(23)20-14-16-8-6-5-7-9-16/h5-13,15H,4,14H2,1-3H3,(H2,20,21,23). The maximum atomic E-state index is 5.35. The molecule has 0 aromatic heterocycles. The van der Waals surface area contributed by atoms with E-state index in [1.807, 2.05) is 18.2 Å². The van der Waals surface area contributed by atoms with Crippen molar-refractivity contribution in [3.8, 4) is 0 Å². The molecule has 0 bridgehead atoms. The van der Waals surface area contributed by atoms with Gasteiger partial charge in [0.2, 0.25) is 0 Å². The molecule has 2 rings (SSSR count). The highest BCUT2D eigenvalue weighted by Gasteiger charge is 2.08. The number of nitrogens with zero attached hydrogens (tertiary/aromatic N) is 1. The Bertz CT molecular complexity index is 608. The molecule has 4 heteroatoms. The Morgan fingerprint density at radius 2 is 1.70 bits per heavy atom. The van der Waals surface area contributed by atoms with Crippen molar-refractivity contribution in [2.24, 2.45) is 0 Å². The molecule has 2 N–H and O–H groups in total. The van der Waals surface area contributed by atoms with Crippen molar-refractivity contribution in [1.29, 1.82) is 0 Å². The number of hydrogen-bond acceptors (Lipinski definition) is 2. The first kappa shape index (κ1) is 17.3. The lowest BCUT2D eigenvalue weighted by Crippen LogP contribution is -2.30. The van der Waals surface area contributed by atoms with Crippen molar-refractivity contribution in [1.82, 2.24) is 5.32 Å². The molecule has 0 unspecified atom stereocenters. The summed E-state index contributed by atoms with van der Waals surface area (Å²) in [6.07, 6.45) is 0. The van der Waals surface area contributed by atoms with Crippen LogP contribution in [0.25, 0.3) is 0 Å². The van der Waals surface area contributed by atoms with Gasteiger partial charge in [0, 0.05) is 30.5 Å². The summed E-state index contributed by atoms with van der Waals surface area (Å²) in [7, 11) is 0. The van der Waals surface area contributed by atoms with Crippen LogP contribution in [0.4, 0.5) is 11.4 Å². The summed E-state index contributed by atoms with van der Waals surface area (Å²) in [5, 5.41) is 7.09. The van der Waals surface area contributed by atoms with Gasteiger partial charge in [-0.25, -0.2) is 0 Å². The van der Waals surface area contributed by atoms with E-state index >= 15 is 0 Å². The maximum Gasteiger partial charge on any atom is 0.171 e. The third kappa shape index (κ3) is 5.25. The lowest BCUT2D eigenvalue weighted by Gasteiger charge is -2.27. The Morgan fingerprint density at radius 3 is 2.26 bits per heavy atom. The highest BCUT2D eigenvalue weighted by atomic mass is 32.1. The fourth-order valence-corrected chi connectivity index (χ4v) is 2.73. The molecule has 3 nitrogen and oxygen atoms in total. The first-order chi connectivity index (χ1) is 11.1. The van der Waals surface area contributed by atoms with E-state index in [4.69, 9.17) is 12.2 Å². The predicted molar refractivity (Wildman–Crippen MR) is 104 cm³/mol. The quantitative estimate of drug-likeness (QED) is 0.769. The van der Waals surface area contributed by atoms with E-state index in [1.54, 1.807) is 0 Å². The van der Waals surface area contributed by atoms with Gasteiger partial charge in [0.05, 0.1) is 0 Å². The summed E-state index contributed by atoms with van der Waals surface area (Å²) < 4.78 is 0. The van der Waals surface area contributed by atoms with Gasteiger partial charge < -0.3 is 15.5 Å². The molecule has 2 aromatic carbocycles. The van der Waals surface area contributed by atoms with Crippen LogP contribution in [0.2, 0.25) is 0 Å². The van der Waals surface area contributed by atoms with Crippen molar-refractivity contribution in [3.63, 3.8) is 0 Å². The Balaban J connectivity index is 1.89. The summed E-state index contributed by atoms with van der Waals surface area (Å²) >= 11 is 5.35. The number of rotatable bonds is 6. The zero-order chi connectivity index (χ0) is 16.7. The van der Waals surface area contributed by atoms with Crippen LogP contribution in [0.15, 0.2) is 54.6 Å². The smallest absolute Gasteiger partial charge is 0.171 e. The summed E-state index contributed by atoms with van der Waals surface area (Å²) in [6, 6.07) is 19.1. The van der Waals surface area contributed by atoms with Gasteiger partial charge in [0.25, 0.3) is 0 Å². The molecule has 0 spiro atoms. The van der Waals surface area contributed by atoms with Crippen LogP contribution in [-0.4, -0.2) is 17.7 Å². The zero-order valence-corrected chi connectivity index (χ0v) is 14.9. The van der Waals surface area contributed by atoms with Gasteiger partial charge in [-0.15, -0.1) is 0 Å². The van der Waals surface area contributed by atoms with Crippen molar-refractivity contribution in [2.75, 3.05) is 16.8 Å². The molecule has 0 saturated heterocycles. The van der Waals surface area contributed by atoms with E-state index in [0.29, 0.717) is 11.2 Å². The average Bonchev–Trinajstić information content (AvgIpc) is 2.56. The first-order valence-electron chi connectivity index (χ1n) is 8.05. The maximum absolute atomic E-state index is 5.35. The molecule has 0 aliphatic rings. The van der Waals surface area contributed by atoms with Crippen LogP contribution < -0.4 is 15.5 Å². The molecule has 0 aliphatic heterocycles. The Kier molecular flexibility index (Phi) is 6.41. The molecule has 0 atom stereocenters. The summed E-state index contributed by atoms with van der Waals surface area (Å²) in [5.74, 6) is 0. The third-order valence-corrected chi connectivity index (χ3v) is 3.96. The number of nitrogens with one attached hydrogen (secondary N) is 2. The van der Waals surface area contributed by atoms with Crippen molar-refractivity contribution >= 4 is 28.7 Å². The zero-order valence-electron chi connectivity index (χ0n) is 14.0. The topological polar surface area (TPSA) is 27.3 Å². The summed E-state index contributed by atoms with van der Waals surface area (Å²) in [5.41, 5.74) is 3.44. The van der Waals surface area contributed by atoms with Crippen LogP contribution in [-0.2, 0) is 6.54 Å². The van der Waals surface area contributed by atoms with Gasteiger partial charge in [-0.1, -0.05) is 30.3 Å². The van der Waals surface area contributed by atoms with Gasteiger partial charge in [-0.2, -0.15) is 0 Å². The average molecular weight is 327 g/mol. The van der Waals surface area contributed by atoms with Crippen LogP contribution in [0, 0.1) is 0 Å². The third-order valence-electron chi connectivity index (χ3n) is 3.72. The van der Waals surface area contributed by atoms with Crippen molar-refractivity contribution in [3.05, 3.63) is 60.2 Å². The van der Waals surface area contributed by atoms with Crippen molar-refractivity contribution < 1.29 is 0 Å². The molecule has 0 amide bonds. The van der Waals surface area contributed by atoms with E-state index in [9.17, 15) is 0 Å². The Labute approximate surface area is 144 Å². The van der Waals surface area contributed by atoms with E-state index in [1.165, 1.54) is 11.3 Å². The minimum atomic E-state index is 0.493. The largest absolute Gasteiger partial charge is 0.369 e. The highest BCUT2D eigenvalue weighted by Crippen LogP contribution is 2.19. The van der Waals surface area contributed by atoms with Crippen molar-refractivity contribution in [2.45, 2.75) is 33.4 Å². The molecular formula is C19H25N3S. The normalized spacial score (nSPS) is 10.4. The molecule has 0 aliphatic carbocycles. The number of thiocarbonyl (C=S) groups is 1. The molecule has 0 fully saturated rings. The fourth-order valence-electron chi connectivity index (χ4n) is 2.54. The van der Waals surface area contributed by atoms with E-state index in [2.05, 4.69) is 72.7 Å². The number of benzene rings is 2. The lowest BCUT2D eigenvalue weighted by atomic mass is 10.2. The molecule has 2 aromatic rings. The fraction of sp³-hybridized carbons (Fsp3) is 0.316. The van der Waals surface area contributed by atoms with E-state index < -0.39 is 0 Å². The number of anilines is 2. The second-order valence-electron chi connectivity index (χ2n) is 5.72. The van der Waals surface area contributed by atoms with Crippen LogP contribution >= 0.6 is 12.2 Å². The molecule has 0 heterocycles. The van der Waals surface area contributed by atoms with Gasteiger partial charge in [0.1, 0.15) is 0 Å². The van der Waals surface area contributed by atoms with Gasteiger partial charge in [-0.3, -0.25) is 0 Å². The SMILES string of the molecule is CCN(c1ccc(NC(=S)NCc2ccccc2)cc1)C(C)C. The van der Waals surface area contributed by atoms with E-state index in [0.717, 1.165) is 18.8 Å². The predicted octanol–water partition coefficient (Wildman–Crippen LogP) is 4.41. The van der Waals surface area contributed by atoms with E-state index in [-0.39, 0.29) is 0 Å². The Morgan fingerprint density at radius 1 is 1.04 bits per heavy atom. The molecule has 0 saturated carbocycles. The minimum absolute atomic E-state index is 0.493.